The summed E-state index contributed by atoms with van der Waals surface area (Å²) in [5, 5.41) is 4.19. The number of hydrogen-bond acceptors (Lipinski definition) is 7. The Balaban J connectivity index is 1.65. The molecular formula is C18H23N3O4. The van der Waals surface area contributed by atoms with Gasteiger partial charge in [0.15, 0.2) is 11.5 Å². The van der Waals surface area contributed by atoms with Gasteiger partial charge in [0.25, 0.3) is 0 Å². The van der Waals surface area contributed by atoms with Crippen molar-refractivity contribution in [3.63, 3.8) is 0 Å². The fraction of sp³-hybridized carbons (Fsp3) is 0.556. The van der Waals surface area contributed by atoms with Crippen LogP contribution in [0.1, 0.15) is 37.6 Å². The van der Waals surface area contributed by atoms with Crippen LogP contribution in [0.5, 0.6) is 17.2 Å². The van der Waals surface area contributed by atoms with Gasteiger partial charge in [0, 0.05) is 11.6 Å². The molecule has 1 saturated heterocycles. The van der Waals surface area contributed by atoms with Crippen LogP contribution < -0.4 is 14.2 Å². The average molecular weight is 345 g/mol. The van der Waals surface area contributed by atoms with Crippen LogP contribution in [0.15, 0.2) is 16.7 Å². The molecule has 0 bridgehead atoms. The third kappa shape index (κ3) is 2.93. The van der Waals surface area contributed by atoms with Gasteiger partial charge in [-0.25, -0.2) is 0 Å². The summed E-state index contributed by atoms with van der Waals surface area (Å²) in [7, 11) is 4.77. The number of hydrogen-bond donors (Lipinski definition) is 0. The molecule has 2 heterocycles. The lowest BCUT2D eigenvalue weighted by Crippen LogP contribution is -2.25. The van der Waals surface area contributed by atoms with Crippen LogP contribution in [0.25, 0.3) is 11.4 Å². The van der Waals surface area contributed by atoms with E-state index in [4.69, 9.17) is 18.7 Å². The van der Waals surface area contributed by atoms with E-state index >= 15 is 0 Å². The van der Waals surface area contributed by atoms with Gasteiger partial charge in [-0.15, -0.1) is 0 Å². The number of likely N-dealkylation sites (tertiary alicyclic amines) is 1. The van der Waals surface area contributed by atoms with Crippen LogP contribution in [-0.4, -0.2) is 49.0 Å². The Morgan fingerprint density at radius 2 is 1.76 bits per heavy atom. The van der Waals surface area contributed by atoms with E-state index in [2.05, 4.69) is 15.0 Å². The minimum Gasteiger partial charge on any atom is -0.493 e. The second-order valence-corrected chi connectivity index (χ2v) is 6.50. The zero-order valence-corrected chi connectivity index (χ0v) is 14.8. The van der Waals surface area contributed by atoms with Gasteiger partial charge in [-0.3, -0.25) is 4.90 Å². The van der Waals surface area contributed by atoms with Crippen molar-refractivity contribution in [2.45, 2.75) is 37.8 Å². The van der Waals surface area contributed by atoms with E-state index in [-0.39, 0.29) is 6.04 Å². The van der Waals surface area contributed by atoms with E-state index < -0.39 is 0 Å². The number of nitrogens with zero attached hydrogens (tertiary/aromatic N) is 3. The zero-order chi connectivity index (χ0) is 17.4. The maximum absolute atomic E-state index is 5.60. The average Bonchev–Trinajstić information content (AvgIpc) is 3.18. The first-order valence-corrected chi connectivity index (χ1v) is 8.65. The monoisotopic (exact) mass is 345 g/mol. The standard InChI is InChI=1S/C18H23N3O4/c1-22-14-9-11(10-15(23-2)16(14)24-3)17-19-18(25-20-17)13-5-4-8-21(13)12-6-7-12/h9-10,12-13H,4-8H2,1-3H3. The minimum atomic E-state index is 0.246. The lowest BCUT2D eigenvalue weighted by Gasteiger charge is -2.20. The maximum atomic E-state index is 5.60. The van der Waals surface area contributed by atoms with Crippen molar-refractivity contribution in [2.75, 3.05) is 27.9 Å². The predicted molar refractivity (Wildman–Crippen MR) is 91.1 cm³/mol. The molecule has 134 valence electrons. The van der Waals surface area contributed by atoms with E-state index in [1.54, 1.807) is 21.3 Å². The smallest absolute Gasteiger partial charge is 0.244 e. The molecular weight excluding hydrogens is 322 g/mol. The molecule has 7 nitrogen and oxygen atoms in total. The van der Waals surface area contributed by atoms with Crippen LogP contribution in [0.4, 0.5) is 0 Å². The summed E-state index contributed by atoms with van der Waals surface area (Å²) >= 11 is 0. The van der Waals surface area contributed by atoms with Gasteiger partial charge in [-0.2, -0.15) is 4.98 Å². The van der Waals surface area contributed by atoms with Crippen molar-refractivity contribution < 1.29 is 18.7 Å². The van der Waals surface area contributed by atoms with E-state index in [9.17, 15) is 0 Å². The molecule has 2 aliphatic rings. The Hall–Kier alpha value is -2.28. The van der Waals surface area contributed by atoms with Crippen molar-refractivity contribution >= 4 is 0 Å². The lowest BCUT2D eigenvalue weighted by molar-refractivity contribution is 0.200. The van der Waals surface area contributed by atoms with Gasteiger partial charge in [-0.05, 0) is 44.4 Å². The summed E-state index contributed by atoms with van der Waals surface area (Å²) in [6.45, 7) is 1.12. The summed E-state index contributed by atoms with van der Waals surface area (Å²) in [5.74, 6) is 2.94. The van der Waals surface area contributed by atoms with Crippen LogP contribution in [0, 0.1) is 0 Å². The normalized spacial score (nSPS) is 20.7. The molecule has 25 heavy (non-hydrogen) atoms. The molecule has 0 N–H and O–H groups in total. The molecule has 1 saturated carbocycles. The molecule has 1 atom stereocenters. The van der Waals surface area contributed by atoms with Gasteiger partial charge >= 0.3 is 0 Å². The number of ether oxygens (including phenoxy) is 3. The van der Waals surface area contributed by atoms with Crippen molar-refractivity contribution in [3.05, 3.63) is 18.0 Å². The molecule has 0 spiro atoms. The third-order valence-corrected chi connectivity index (χ3v) is 4.96. The van der Waals surface area contributed by atoms with Crippen LogP contribution >= 0.6 is 0 Å². The van der Waals surface area contributed by atoms with Gasteiger partial charge in [0.05, 0.1) is 27.4 Å². The molecule has 0 amide bonds. The predicted octanol–water partition coefficient (Wildman–Crippen LogP) is 3.06. The number of aromatic nitrogens is 2. The van der Waals surface area contributed by atoms with Crippen molar-refractivity contribution in [2.24, 2.45) is 0 Å². The summed E-state index contributed by atoms with van der Waals surface area (Å²) in [6, 6.07) is 4.62. The number of benzene rings is 1. The fourth-order valence-electron chi connectivity index (χ4n) is 3.60. The molecule has 7 heteroatoms. The Bertz CT molecular complexity index is 732. The Morgan fingerprint density at radius 3 is 2.36 bits per heavy atom. The third-order valence-electron chi connectivity index (χ3n) is 4.96. The maximum Gasteiger partial charge on any atom is 0.244 e. The first-order valence-electron chi connectivity index (χ1n) is 8.65. The van der Waals surface area contributed by atoms with E-state index in [0.717, 1.165) is 18.5 Å². The van der Waals surface area contributed by atoms with Crippen LogP contribution in [0.2, 0.25) is 0 Å². The van der Waals surface area contributed by atoms with Crippen molar-refractivity contribution in [1.82, 2.24) is 15.0 Å². The fourth-order valence-corrected chi connectivity index (χ4v) is 3.60. The van der Waals surface area contributed by atoms with Crippen LogP contribution in [0.3, 0.4) is 0 Å². The summed E-state index contributed by atoms with van der Waals surface area (Å²) in [4.78, 5) is 7.16. The van der Waals surface area contributed by atoms with E-state index in [1.807, 2.05) is 12.1 Å². The molecule has 0 radical (unpaired) electrons. The molecule has 2 fully saturated rings. The molecule has 1 aromatic heterocycles. The van der Waals surface area contributed by atoms with Gasteiger partial charge in [-0.1, -0.05) is 5.16 Å². The highest BCUT2D eigenvalue weighted by Gasteiger charge is 2.40. The largest absolute Gasteiger partial charge is 0.493 e. The highest BCUT2D eigenvalue weighted by Crippen LogP contribution is 2.42. The van der Waals surface area contributed by atoms with Crippen molar-refractivity contribution in [3.8, 4) is 28.6 Å². The van der Waals surface area contributed by atoms with Gasteiger partial charge in [0.1, 0.15) is 0 Å². The Morgan fingerprint density at radius 1 is 1.04 bits per heavy atom. The highest BCUT2D eigenvalue weighted by molar-refractivity contribution is 5.66. The molecule has 1 aromatic carbocycles. The van der Waals surface area contributed by atoms with E-state index in [0.29, 0.717) is 35.0 Å². The highest BCUT2D eigenvalue weighted by atomic mass is 16.5. The SMILES string of the molecule is COc1cc(-c2noc(C3CCCN3C3CC3)n2)cc(OC)c1OC. The van der Waals surface area contributed by atoms with Gasteiger partial charge < -0.3 is 18.7 Å². The molecule has 4 rings (SSSR count). The second kappa shape index (κ2) is 6.55. The number of rotatable bonds is 6. The van der Waals surface area contributed by atoms with Crippen molar-refractivity contribution in [1.29, 1.82) is 0 Å². The lowest BCUT2D eigenvalue weighted by atomic mass is 10.1. The summed E-state index contributed by atoms with van der Waals surface area (Å²) in [5.41, 5.74) is 0.778. The Kier molecular flexibility index (Phi) is 4.25. The molecule has 1 unspecified atom stereocenters. The molecule has 2 aromatic rings. The molecule has 1 aliphatic carbocycles. The summed E-state index contributed by atoms with van der Waals surface area (Å²) < 4.78 is 21.8. The van der Waals surface area contributed by atoms with E-state index in [1.165, 1.54) is 19.3 Å². The topological polar surface area (TPSA) is 69.9 Å². The number of methoxy groups -OCH3 is 3. The molecule has 1 aliphatic heterocycles. The second-order valence-electron chi connectivity index (χ2n) is 6.50. The first kappa shape index (κ1) is 16.2. The van der Waals surface area contributed by atoms with Crippen LogP contribution in [-0.2, 0) is 0 Å². The zero-order valence-electron chi connectivity index (χ0n) is 14.8. The summed E-state index contributed by atoms with van der Waals surface area (Å²) in [6.07, 6.45) is 4.82. The Labute approximate surface area is 146 Å². The first-order chi connectivity index (χ1) is 12.2. The minimum absolute atomic E-state index is 0.246. The quantitative estimate of drug-likeness (QED) is 0.797. The van der Waals surface area contributed by atoms with Gasteiger partial charge in [0.2, 0.25) is 17.5 Å².